The topological polar surface area (TPSA) is 53.2 Å². The molecule has 2 atom stereocenters. The van der Waals surface area contributed by atoms with Gasteiger partial charge < -0.3 is 5.32 Å². The first-order valence-corrected chi connectivity index (χ1v) is 7.31. The van der Waals surface area contributed by atoms with Gasteiger partial charge in [-0.1, -0.05) is 37.3 Å². The smallest absolute Gasteiger partial charge is 0.240 e. The van der Waals surface area contributed by atoms with Crippen molar-refractivity contribution in [3.8, 4) is 0 Å². The highest BCUT2D eigenvalue weighted by molar-refractivity contribution is 7.99. The molecule has 0 aliphatic carbocycles. The summed E-state index contributed by atoms with van der Waals surface area (Å²) in [6, 6.07) is 9.82. The van der Waals surface area contributed by atoms with Crippen LogP contribution in [0.1, 0.15) is 18.9 Å². The van der Waals surface area contributed by atoms with E-state index in [1.54, 1.807) is 11.8 Å². The Morgan fingerprint density at radius 3 is 2.67 bits per heavy atom. The summed E-state index contributed by atoms with van der Waals surface area (Å²) in [6.45, 7) is 2.13. The fraction of sp³-hybridized carbons (Fsp3) is 0.462. The third-order valence-corrected chi connectivity index (χ3v) is 3.96. The van der Waals surface area contributed by atoms with Gasteiger partial charge in [0.1, 0.15) is 11.5 Å². The monoisotopic (exact) mass is 265 g/mol. The lowest BCUT2D eigenvalue weighted by molar-refractivity contribution is -0.125. The molecular formula is C13H19N3OS. The van der Waals surface area contributed by atoms with Gasteiger partial charge in [0.05, 0.1) is 0 Å². The van der Waals surface area contributed by atoms with Gasteiger partial charge in [-0.15, -0.1) is 11.8 Å². The van der Waals surface area contributed by atoms with E-state index in [0.717, 1.165) is 17.7 Å². The van der Waals surface area contributed by atoms with E-state index in [9.17, 15) is 4.79 Å². The van der Waals surface area contributed by atoms with Gasteiger partial charge in [0.25, 0.3) is 0 Å². The van der Waals surface area contributed by atoms with Crippen LogP contribution in [0.3, 0.4) is 0 Å². The predicted octanol–water partition coefficient (Wildman–Crippen LogP) is 1.25. The van der Waals surface area contributed by atoms with Crippen molar-refractivity contribution in [2.75, 3.05) is 5.75 Å². The van der Waals surface area contributed by atoms with Crippen LogP contribution in [0.4, 0.5) is 0 Å². The Balaban J connectivity index is 1.84. The molecule has 0 radical (unpaired) electrons. The van der Waals surface area contributed by atoms with Crippen LogP contribution in [0.25, 0.3) is 0 Å². The van der Waals surface area contributed by atoms with Crippen molar-refractivity contribution in [3.05, 3.63) is 35.9 Å². The summed E-state index contributed by atoms with van der Waals surface area (Å²) in [5.74, 6) is 1.09. The average Bonchev–Trinajstić information content (AvgIpc) is 2.40. The maximum absolute atomic E-state index is 11.9. The summed E-state index contributed by atoms with van der Waals surface area (Å²) < 4.78 is 0. The lowest BCUT2D eigenvalue weighted by atomic mass is 10.1. The summed E-state index contributed by atoms with van der Waals surface area (Å²) in [7, 11) is 0. The van der Waals surface area contributed by atoms with Crippen molar-refractivity contribution in [3.63, 3.8) is 0 Å². The molecule has 1 saturated heterocycles. The predicted molar refractivity (Wildman–Crippen MR) is 74.9 cm³/mol. The second-order valence-corrected chi connectivity index (χ2v) is 5.50. The molecule has 1 heterocycles. The number of hydrogen-bond donors (Lipinski definition) is 3. The minimum absolute atomic E-state index is 0.0236. The molecule has 1 amide bonds. The number of hydrazine groups is 1. The van der Waals surface area contributed by atoms with Gasteiger partial charge in [-0.3, -0.25) is 4.79 Å². The Morgan fingerprint density at radius 2 is 2.00 bits per heavy atom. The molecule has 0 spiro atoms. The first kappa shape index (κ1) is 13.4. The van der Waals surface area contributed by atoms with Gasteiger partial charge in [0.2, 0.25) is 5.91 Å². The van der Waals surface area contributed by atoms with Crippen LogP contribution in [0.2, 0.25) is 0 Å². The molecule has 1 aliphatic rings. The van der Waals surface area contributed by atoms with E-state index in [2.05, 4.69) is 23.1 Å². The van der Waals surface area contributed by atoms with E-state index in [4.69, 9.17) is 0 Å². The van der Waals surface area contributed by atoms with Crippen molar-refractivity contribution in [2.24, 2.45) is 0 Å². The summed E-state index contributed by atoms with van der Waals surface area (Å²) in [5, 5.41) is 2.97. The largest absolute Gasteiger partial charge is 0.329 e. The zero-order valence-corrected chi connectivity index (χ0v) is 11.3. The molecule has 2 rings (SSSR count). The Kier molecular flexibility index (Phi) is 5.04. The van der Waals surface area contributed by atoms with Crippen LogP contribution in [-0.4, -0.2) is 23.2 Å². The molecule has 0 bridgehead atoms. The standard InChI is InChI=1S/C13H19N3OS/c1-2-8-18-13-14-12(17)11(15-16-13)9-10-6-4-3-5-7-10/h3-7,11,13,15-16H,2,8-9H2,1H3,(H,14,17). The average molecular weight is 265 g/mol. The summed E-state index contributed by atoms with van der Waals surface area (Å²) in [6.07, 6.45) is 1.80. The molecule has 5 heteroatoms. The lowest BCUT2D eigenvalue weighted by Gasteiger charge is -2.31. The number of thioether (sulfide) groups is 1. The molecule has 4 nitrogen and oxygen atoms in total. The summed E-state index contributed by atoms with van der Waals surface area (Å²) in [4.78, 5) is 11.9. The lowest BCUT2D eigenvalue weighted by Crippen LogP contribution is -2.64. The SMILES string of the molecule is CCCSC1NNC(Cc2ccccc2)C(=O)N1. The molecule has 18 heavy (non-hydrogen) atoms. The van der Waals surface area contributed by atoms with Crippen molar-refractivity contribution in [1.82, 2.24) is 16.2 Å². The summed E-state index contributed by atoms with van der Waals surface area (Å²) in [5.41, 5.74) is 7.36. The summed E-state index contributed by atoms with van der Waals surface area (Å²) >= 11 is 1.70. The normalized spacial score (nSPS) is 23.7. The van der Waals surface area contributed by atoms with E-state index in [0.29, 0.717) is 6.42 Å². The molecule has 3 N–H and O–H groups in total. The fourth-order valence-electron chi connectivity index (χ4n) is 1.82. The first-order valence-electron chi connectivity index (χ1n) is 6.26. The molecule has 0 aromatic heterocycles. The highest BCUT2D eigenvalue weighted by Crippen LogP contribution is 2.11. The maximum atomic E-state index is 11.9. The minimum Gasteiger partial charge on any atom is -0.329 e. The zero-order valence-electron chi connectivity index (χ0n) is 10.5. The van der Waals surface area contributed by atoms with E-state index in [1.807, 2.05) is 30.3 Å². The maximum Gasteiger partial charge on any atom is 0.240 e. The molecule has 1 aliphatic heterocycles. The van der Waals surface area contributed by atoms with Crippen LogP contribution >= 0.6 is 11.8 Å². The van der Waals surface area contributed by atoms with E-state index in [-0.39, 0.29) is 17.4 Å². The number of carbonyl (C=O) groups excluding carboxylic acids is 1. The van der Waals surface area contributed by atoms with Crippen molar-refractivity contribution in [2.45, 2.75) is 31.3 Å². The molecular weight excluding hydrogens is 246 g/mol. The second-order valence-electron chi connectivity index (χ2n) is 4.29. The molecule has 0 saturated carbocycles. The van der Waals surface area contributed by atoms with Crippen molar-refractivity contribution in [1.29, 1.82) is 0 Å². The fourth-order valence-corrected chi connectivity index (χ4v) is 2.64. The van der Waals surface area contributed by atoms with Gasteiger partial charge >= 0.3 is 0 Å². The molecule has 98 valence electrons. The van der Waals surface area contributed by atoms with Gasteiger partial charge in [-0.25, -0.2) is 10.9 Å². The van der Waals surface area contributed by atoms with Gasteiger partial charge in [-0.2, -0.15) is 0 Å². The van der Waals surface area contributed by atoms with Gasteiger partial charge in [0.15, 0.2) is 0 Å². The highest BCUT2D eigenvalue weighted by Gasteiger charge is 2.26. The molecule has 1 aromatic rings. The minimum atomic E-state index is -0.203. The zero-order chi connectivity index (χ0) is 12.8. The van der Waals surface area contributed by atoms with Crippen LogP contribution in [0, 0.1) is 0 Å². The third-order valence-electron chi connectivity index (χ3n) is 2.75. The third kappa shape index (κ3) is 3.73. The Hall–Kier alpha value is -1.04. The van der Waals surface area contributed by atoms with Crippen LogP contribution in [-0.2, 0) is 11.2 Å². The van der Waals surface area contributed by atoms with E-state index in [1.165, 1.54) is 0 Å². The molecule has 1 aromatic carbocycles. The molecule has 2 unspecified atom stereocenters. The van der Waals surface area contributed by atoms with Gasteiger partial charge in [-0.05, 0) is 24.2 Å². The quantitative estimate of drug-likeness (QED) is 0.750. The number of nitrogens with one attached hydrogen (secondary N) is 3. The van der Waals surface area contributed by atoms with Crippen molar-refractivity contribution < 1.29 is 4.79 Å². The Labute approximate surface area is 112 Å². The number of amides is 1. The van der Waals surface area contributed by atoms with E-state index >= 15 is 0 Å². The van der Waals surface area contributed by atoms with E-state index < -0.39 is 0 Å². The first-order chi connectivity index (χ1) is 8.79. The van der Waals surface area contributed by atoms with Crippen LogP contribution in [0.5, 0.6) is 0 Å². The number of benzene rings is 1. The number of hydrogen-bond acceptors (Lipinski definition) is 4. The van der Waals surface area contributed by atoms with Crippen molar-refractivity contribution >= 4 is 17.7 Å². The Bertz CT molecular complexity index is 385. The molecule has 1 fully saturated rings. The Morgan fingerprint density at radius 1 is 1.22 bits per heavy atom. The number of rotatable bonds is 5. The van der Waals surface area contributed by atoms with Gasteiger partial charge in [0, 0.05) is 0 Å². The van der Waals surface area contributed by atoms with Crippen LogP contribution < -0.4 is 16.2 Å². The second kappa shape index (κ2) is 6.78. The number of carbonyl (C=O) groups is 1. The van der Waals surface area contributed by atoms with Crippen LogP contribution in [0.15, 0.2) is 30.3 Å². The highest BCUT2D eigenvalue weighted by atomic mass is 32.2.